The van der Waals surface area contributed by atoms with Gasteiger partial charge in [0, 0.05) is 25.3 Å². The summed E-state index contributed by atoms with van der Waals surface area (Å²) < 4.78 is 5.37. The Bertz CT molecular complexity index is 450. The predicted molar refractivity (Wildman–Crippen MR) is 73.2 cm³/mol. The first kappa shape index (κ1) is 13.7. The molecule has 0 spiro atoms. The van der Waals surface area contributed by atoms with E-state index in [0.29, 0.717) is 6.54 Å². The van der Waals surface area contributed by atoms with Crippen molar-refractivity contribution in [2.75, 3.05) is 18.4 Å². The predicted octanol–water partition coefficient (Wildman–Crippen LogP) is 2.14. The summed E-state index contributed by atoms with van der Waals surface area (Å²) in [7, 11) is 0. The van der Waals surface area contributed by atoms with Crippen molar-refractivity contribution in [3.63, 3.8) is 0 Å². The van der Waals surface area contributed by atoms with Crippen molar-refractivity contribution in [3.8, 4) is 0 Å². The highest BCUT2D eigenvalue weighted by Crippen LogP contribution is 2.19. The minimum Gasteiger partial charge on any atom is -0.444 e. The lowest BCUT2D eigenvalue weighted by Crippen LogP contribution is -2.36. The first-order valence-corrected chi connectivity index (χ1v) is 6.60. The average Bonchev–Trinajstić information content (AvgIpc) is 2.87. The molecule has 106 valence electrons. The molecule has 1 fully saturated rings. The second kappa shape index (κ2) is 5.11. The molecule has 6 nitrogen and oxygen atoms in total. The zero-order chi connectivity index (χ0) is 14.0. The van der Waals surface area contributed by atoms with Crippen LogP contribution in [-0.4, -0.2) is 45.9 Å². The van der Waals surface area contributed by atoms with Gasteiger partial charge in [-0.25, -0.2) is 4.79 Å². The van der Waals surface area contributed by atoms with Gasteiger partial charge in [0.05, 0.1) is 11.4 Å². The number of nitrogens with one attached hydrogen (secondary N) is 2. The highest BCUT2D eigenvalue weighted by atomic mass is 16.6. The Morgan fingerprint density at radius 1 is 1.58 bits per heavy atom. The fraction of sp³-hybridized carbons (Fsp3) is 0.692. The second-order valence-corrected chi connectivity index (χ2v) is 5.94. The van der Waals surface area contributed by atoms with Gasteiger partial charge in [0.15, 0.2) is 0 Å². The van der Waals surface area contributed by atoms with Gasteiger partial charge in [0.1, 0.15) is 5.60 Å². The summed E-state index contributed by atoms with van der Waals surface area (Å²) in [6.07, 6.45) is 2.52. The number of aryl methyl sites for hydroxylation is 1. The smallest absolute Gasteiger partial charge is 0.410 e. The largest absolute Gasteiger partial charge is 0.444 e. The lowest BCUT2D eigenvalue weighted by Gasteiger charge is -2.24. The molecule has 0 aromatic carbocycles. The van der Waals surface area contributed by atoms with Gasteiger partial charge >= 0.3 is 6.09 Å². The van der Waals surface area contributed by atoms with E-state index in [-0.39, 0.29) is 12.1 Å². The number of amides is 1. The number of likely N-dealkylation sites (tertiary alicyclic amines) is 1. The molecule has 1 aromatic rings. The number of nitrogens with zero attached hydrogens (tertiary/aromatic N) is 2. The van der Waals surface area contributed by atoms with Crippen LogP contribution in [0.1, 0.15) is 32.9 Å². The molecule has 19 heavy (non-hydrogen) atoms. The first-order chi connectivity index (χ1) is 8.85. The topological polar surface area (TPSA) is 70.2 Å². The Morgan fingerprint density at radius 3 is 2.89 bits per heavy atom. The number of hydrogen-bond donors (Lipinski definition) is 2. The maximum Gasteiger partial charge on any atom is 0.410 e. The third-order valence-corrected chi connectivity index (χ3v) is 3.03. The van der Waals surface area contributed by atoms with Crippen molar-refractivity contribution in [1.29, 1.82) is 0 Å². The lowest BCUT2D eigenvalue weighted by atomic mass is 10.2. The summed E-state index contributed by atoms with van der Waals surface area (Å²) >= 11 is 0. The summed E-state index contributed by atoms with van der Waals surface area (Å²) in [4.78, 5) is 13.7. The Labute approximate surface area is 113 Å². The Morgan fingerprint density at radius 2 is 2.32 bits per heavy atom. The number of anilines is 1. The Hall–Kier alpha value is -1.72. The van der Waals surface area contributed by atoms with Crippen LogP contribution in [0.15, 0.2) is 6.20 Å². The number of carbonyl (C=O) groups is 1. The van der Waals surface area contributed by atoms with Crippen LogP contribution in [-0.2, 0) is 4.74 Å². The molecule has 0 saturated carbocycles. The van der Waals surface area contributed by atoms with E-state index in [0.717, 1.165) is 24.3 Å². The molecule has 1 aromatic heterocycles. The fourth-order valence-electron chi connectivity index (χ4n) is 2.09. The molecule has 1 atom stereocenters. The van der Waals surface area contributed by atoms with Crippen LogP contribution in [0.3, 0.4) is 0 Å². The minimum atomic E-state index is -0.441. The second-order valence-electron chi connectivity index (χ2n) is 5.94. The van der Waals surface area contributed by atoms with Gasteiger partial charge in [0.25, 0.3) is 0 Å². The van der Waals surface area contributed by atoms with Gasteiger partial charge in [-0.15, -0.1) is 0 Å². The minimum absolute atomic E-state index is 0.235. The zero-order valence-corrected chi connectivity index (χ0v) is 12.0. The summed E-state index contributed by atoms with van der Waals surface area (Å²) in [5.41, 5.74) is 1.50. The van der Waals surface area contributed by atoms with E-state index in [9.17, 15) is 4.79 Å². The molecule has 0 radical (unpaired) electrons. The van der Waals surface area contributed by atoms with E-state index in [1.54, 1.807) is 4.90 Å². The average molecular weight is 266 g/mol. The molecule has 0 aliphatic carbocycles. The number of aromatic nitrogens is 2. The highest BCUT2D eigenvalue weighted by molar-refractivity contribution is 5.68. The summed E-state index contributed by atoms with van der Waals surface area (Å²) in [5, 5.41) is 10.3. The molecule has 1 aliphatic rings. The van der Waals surface area contributed by atoms with Crippen molar-refractivity contribution in [3.05, 3.63) is 11.9 Å². The van der Waals surface area contributed by atoms with Crippen molar-refractivity contribution in [2.45, 2.75) is 45.8 Å². The third-order valence-electron chi connectivity index (χ3n) is 3.03. The van der Waals surface area contributed by atoms with Crippen molar-refractivity contribution >= 4 is 11.8 Å². The lowest BCUT2D eigenvalue weighted by molar-refractivity contribution is 0.0293. The molecule has 2 heterocycles. The fourth-order valence-corrected chi connectivity index (χ4v) is 2.09. The number of H-pyrrole nitrogens is 1. The van der Waals surface area contributed by atoms with E-state index >= 15 is 0 Å². The number of rotatable bonds is 2. The molecular weight excluding hydrogens is 244 g/mol. The molecule has 0 bridgehead atoms. The van der Waals surface area contributed by atoms with Crippen LogP contribution >= 0.6 is 0 Å². The monoisotopic (exact) mass is 266 g/mol. The van der Waals surface area contributed by atoms with Crippen LogP contribution in [0, 0.1) is 6.92 Å². The quantitative estimate of drug-likeness (QED) is 0.860. The summed E-state index contributed by atoms with van der Waals surface area (Å²) in [6.45, 7) is 8.98. The van der Waals surface area contributed by atoms with Crippen molar-refractivity contribution < 1.29 is 9.53 Å². The van der Waals surface area contributed by atoms with E-state index in [4.69, 9.17) is 4.74 Å². The van der Waals surface area contributed by atoms with Crippen molar-refractivity contribution in [1.82, 2.24) is 15.1 Å². The molecule has 1 saturated heterocycles. The molecule has 2 rings (SSSR count). The normalized spacial score (nSPS) is 19.6. The molecule has 2 N–H and O–H groups in total. The maximum absolute atomic E-state index is 11.9. The van der Waals surface area contributed by atoms with Gasteiger partial charge in [-0.2, -0.15) is 5.10 Å². The molecular formula is C13H22N4O2. The zero-order valence-electron chi connectivity index (χ0n) is 12.0. The molecule has 1 amide bonds. The standard InChI is InChI=1S/C13H22N4O2/c1-9-11(7-14-16-9)15-10-5-6-17(8-10)12(18)19-13(2,3)4/h7,10,15H,5-6,8H2,1-4H3,(H,14,16). The van der Waals surface area contributed by atoms with E-state index < -0.39 is 5.60 Å². The summed E-state index contributed by atoms with van der Waals surface area (Å²) in [5.74, 6) is 0. The molecule has 6 heteroatoms. The van der Waals surface area contributed by atoms with Crippen LogP contribution in [0.2, 0.25) is 0 Å². The molecule has 1 unspecified atom stereocenters. The highest BCUT2D eigenvalue weighted by Gasteiger charge is 2.29. The van der Waals surface area contributed by atoms with Gasteiger partial charge in [-0.05, 0) is 34.1 Å². The maximum atomic E-state index is 11.9. The van der Waals surface area contributed by atoms with Crippen LogP contribution in [0.4, 0.5) is 10.5 Å². The van der Waals surface area contributed by atoms with Gasteiger partial charge < -0.3 is 15.0 Å². The van der Waals surface area contributed by atoms with E-state index in [1.165, 1.54) is 0 Å². The van der Waals surface area contributed by atoms with Crippen LogP contribution in [0.5, 0.6) is 0 Å². The van der Waals surface area contributed by atoms with Crippen LogP contribution < -0.4 is 5.32 Å². The number of aromatic amines is 1. The number of hydrogen-bond acceptors (Lipinski definition) is 4. The van der Waals surface area contributed by atoms with E-state index in [1.807, 2.05) is 33.9 Å². The Balaban J connectivity index is 1.86. The van der Waals surface area contributed by atoms with E-state index in [2.05, 4.69) is 15.5 Å². The van der Waals surface area contributed by atoms with Gasteiger partial charge in [-0.1, -0.05) is 0 Å². The summed E-state index contributed by atoms with van der Waals surface area (Å²) in [6, 6.07) is 0.254. The van der Waals surface area contributed by atoms with Crippen molar-refractivity contribution in [2.24, 2.45) is 0 Å². The SMILES string of the molecule is Cc1n[nH]cc1NC1CCN(C(=O)OC(C)(C)C)C1. The molecule has 1 aliphatic heterocycles. The number of ether oxygens (including phenoxy) is 1. The van der Waals surface area contributed by atoms with Gasteiger partial charge in [0.2, 0.25) is 0 Å². The van der Waals surface area contributed by atoms with Gasteiger partial charge in [-0.3, -0.25) is 5.10 Å². The number of carbonyl (C=O) groups excluding carboxylic acids is 1. The first-order valence-electron chi connectivity index (χ1n) is 6.60. The third kappa shape index (κ3) is 3.62. The Kier molecular flexibility index (Phi) is 3.68. The van der Waals surface area contributed by atoms with Crippen LogP contribution in [0.25, 0.3) is 0 Å².